The first-order valence-corrected chi connectivity index (χ1v) is 30.4. The van der Waals surface area contributed by atoms with E-state index in [1.54, 1.807) is 42.5 Å². The zero-order valence-corrected chi connectivity index (χ0v) is 49.7. The van der Waals surface area contributed by atoms with Crippen LogP contribution in [0, 0.1) is 22.7 Å². The lowest BCUT2D eigenvalue weighted by Gasteiger charge is -2.50. The summed E-state index contributed by atoms with van der Waals surface area (Å²) in [5, 5.41) is 248. The second-order valence-electron chi connectivity index (χ2n) is 24.1. The minimum Gasteiger partial charge on any atom is -0.394 e. The molecule has 95 heavy (non-hydrogen) atoms. The van der Waals surface area contributed by atoms with Crippen LogP contribution in [0.4, 0.5) is 0 Å². The van der Waals surface area contributed by atoms with Gasteiger partial charge in [-0.3, -0.25) is 0 Å². The maximum Gasteiger partial charge on any atom is 0.187 e. The predicted octanol–water partition coefficient (Wildman–Crippen LogP) is -10.5. The molecule has 21 fully saturated rings. The van der Waals surface area contributed by atoms with Gasteiger partial charge in [-0.25, -0.2) is 0 Å². The quantitative estimate of drug-likeness (QED) is 0.0931. The second-order valence-corrected chi connectivity index (χ2v) is 24.1. The van der Waals surface area contributed by atoms with Crippen molar-refractivity contribution in [1.82, 2.24) is 0 Å². The van der Waals surface area contributed by atoms with Crippen molar-refractivity contribution in [2.45, 2.75) is 215 Å². The lowest BCUT2D eigenvalue weighted by atomic mass is 9.91. The van der Waals surface area contributed by atoms with Gasteiger partial charge in [0.2, 0.25) is 0 Å². The van der Waals surface area contributed by atoms with Crippen molar-refractivity contribution < 1.29 is 168 Å². The molecule has 0 saturated carbocycles. The maximum absolute atomic E-state index is 12.1. The van der Waals surface area contributed by atoms with Crippen LogP contribution in [0.25, 0.3) is 27.6 Å². The smallest absolute Gasteiger partial charge is 0.187 e. The number of hydrogen-bond acceptors (Lipinski definition) is 36. The highest BCUT2D eigenvalue weighted by Gasteiger charge is 2.59. The molecule has 36 heteroatoms. The van der Waals surface area contributed by atoms with Gasteiger partial charge in [-0.05, 0) is 11.6 Å². The van der Waals surface area contributed by atoms with Crippen LogP contribution < -0.4 is 0 Å². The Morgan fingerprint density at radius 3 is 0.811 bits per heavy atom. The molecule has 36 nitrogen and oxygen atoms in total. The van der Waals surface area contributed by atoms with Crippen LogP contribution in [0.5, 0.6) is 0 Å². The van der Waals surface area contributed by atoms with Crippen molar-refractivity contribution in [1.29, 1.82) is 10.5 Å². The van der Waals surface area contributed by atoms with Gasteiger partial charge in [-0.15, -0.1) is 0 Å². The van der Waals surface area contributed by atoms with Crippen LogP contribution in [-0.2, 0) is 66.3 Å². The fourth-order valence-corrected chi connectivity index (χ4v) is 13.1. The van der Waals surface area contributed by atoms with Crippen LogP contribution in [0.1, 0.15) is 16.7 Å². The van der Waals surface area contributed by atoms with Gasteiger partial charge in [0, 0.05) is 21.5 Å². The SMILES string of the molecule is N#Cc1c2ccccc2c(C#N)c2cc(/C=C/[C@H]3O[C@@H]4O[C@H]5[C@H](O)[C@@H](O)[C@@H](O[C@H]6[C@H](O)[C@@H](O)[C@@H](O[C@H]7[C@H](O)[C@@H](O)[C@@H](O[C@H]8[C@H](O)[C@@H](O)[C@@H](O[C@H]9[C@H](O)[C@@H](O)[C@@H](O[C@H]%10[C@H](O)[C@@H](O)[C@@H](O[C@H]3[C@H](O)[C@H]4O)O[C@@H]%10CO)O[C@@H]9CO)O[C@@H]8CO)O[C@@H]7CO)O[C@@H]6CO)O[C@@H]5CO)ccc12. The standard InChI is InChI=1S/C59H76N2O34/c60-10-23-19-3-1-2-4-20(19)24(11-61)22-9-18(5-7-21(22)23)6-8-25-46-32(68)39(75)53(82-25)90-47-26(12-62)84-55(41(77)34(47)70)92-49-28(14-64)86-57(43(79)36(49)72)94-51-30(16-66)88-59(45(81)38(51)74)95-52-31(17-67)87-58(44(80)37(52)73)93-50-29(15-65)85-56(42(78)35(50)71)91-48-27(13-63)83-54(89-46)40(76)33(48)69/h1-9,25-59,62-81H,12-17H2/b8-6+/t25-,26-,27-,28-,29-,30-,31-,32-,33-,34-,35-,36-,37-,38-,39-,40-,41-,42-,43-,44-,45-,46-,47-,48-,49-,50-,51-,52-,53-,54-,55-,56-,57-,58-,59-/m1/s1. The number of fused-ring (bicyclic) bond motifs is 2. The molecule has 21 saturated heterocycles. The third-order valence-electron chi connectivity index (χ3n) is 18.3. The summed E-state index contributed by atoms with van der Waals surface area (Å²) in [5.41, 5.74) is 0.795. The fraction of sp³-hybridized carbons (Fsp3) is 0.695. The molecular weight excluding hydrogens is 1280 g/mol. The molecule has 0 aliphatic carbocycles. The third-order valence-corrected chi connectivity index (χ3v) is 18.3. The Labute approximate surface area is 537 Å². The molecular formula is C59H76N2O34. The van der Waals surface area contributed by atoms with Crippen molar-refractivity contribution >= 4 is 27.6 Å². The van der Waals surface area contributed by atoms with E-state index in [0.717, 1.165) is 0 Å². The van der Waals surface area contributed by atoms with Gasteiger partial charge >= 0.3 is 0 Å². The summed E-state index contributed by atoms with van der Waals surface area (Å²) >= 11 is 0. The largest absolute Gasteiger partial charge is 0.394 e. The highest BCUT2D eigenvalue weighted by Crippen LogP contribution is 2.40. The van der Waals surface area contributed by atoms with Gasteiger partial charge in [0.15, 0.2) is 44.0 Å². The number of aliphatic hydroxyl groups is 20. The Balaban J connectivity index is 0.922. The molecule has 21 aliphatic rings. The van der Waals surface area contributed by atoms with E-state index >= 15 is 0 Å². The van der Waals surface area contributed by atoms with E-state index < -0.39 is 255 Å². The first kappa shape index (κ1) is 71.8. The monoisotopic (exact) mass is 1360 g/mol. The first-order valence-electron chi connectivity index (χ1n) is 30.4. The molecule has 3 aromatic carbocycles. The minimum atomic E-state index is -2.26. The number of nitriles is 2. The topological polar surface area (TPSA) is 581 Å². The Morgan fingerprint density at radius 2 is 0.537 bits per heavy atom. The molecule has 24 rings (SSSR count). The Bertz CT molecular complexity index is 3180. The molecule has 35 atom stereocenters. The average Bonchev–Trinajstić information content (AvgIpc) is 0.776. The number of hydrogen-bond donors (Lipinski definition) is 20. The molecule has 0 unspecified atom stereocenters. The van der Waals surface area contributed by atoms with Gasteiger partial charge in [0.1, 0.15) is 183 Å². The van der Waals surface area contributed by atoms with Crippen molar-refractivity contribution in [3.8, 4) is 12.1 Å². The van der Waals surface area contributed by atoms with E-state index in [4.69, 9.17) is 66.3 Å². The summed E-state index contributed by atoms with van der Waals surface area (Å²) in [6.07, 6.45) is -68.9. The third kappa shape index (κ3) is 13.6. The summed E-state index contributed by atoms with van der Waals surface area (Å²) in [4.78, 5) is 0. The molecule has 21 aliphatic heterocycles. The van der Waals surface area contributed by atoms with E-state index in [-0.39, 0.29) is 11.1 Å². The normalized spacial score (nSPS) is 47.1. The van der Waals surface area contributed by atoms with Crippen molar-refractivity contribution in [2.75, 3.05) is 39.6 Å². The lowest BCUT2D eigenvalue weighted by Crippen LogP contribution is -2.68. The summed E-state index contributed by atoms with van der Waals surface area (Å²) in [6, 6.07) is 15.8. The predicted molar refractivity (Wildman–Crippen MR) is 301 cm³/mol. The number of benzene rings is 3. The van der Waals surface area contributed by atoms with Gasteiger partial charge in [0.05, 0.1) is 50.8 Å². The molecule has 526 valence electrons. The molecule has 0 aromatic heterocycles. The first-order chi connectivity index (χ1) is 45.5. The van der Waals surface area contributed by atoms with Crippen molar-refractivity contribution in [3.63, 3.8) is 0 Å². The maximum atomic E-state index is 12.1. The van der Waals surface area contributed by atoms with Gasteiger partial charge in [0.25, 0.3) is 0 Å². The number of nitrogens with zero attached hydrogens (tertiary/aromatic N) is 2. The molecule has 0 radical (unpaired) electrons. The minimum absolute atomic E-state index is 0.208. The van der Waals surface area contributed by atoms with Gasteiger partial charge < -0.3 is 168 Å². The van der Waals surface area contributed by atoms with Crippen LogP contribution in [0.3, 0.4) is 0 Å². The summed E-state index contributed by atoms with van der Waals surface area (Å²) in [7, 11) is 0. The zero-order chi connectivity index (χ0) is 68.2. The summed E-state index contributed by atoms with van der Waals surface area (Å²) in [5.74, 6) is 0. The molecule has 0 spiro atoms. The van der Waals surface area contributed by atoms with E-state index in [9.17, 15) is 113 Å². The number of rotatable bonds is 8. The zero-order valence-electron chi connectivity index (χ0n) is 49.7. The lowest BCUT2D eigenvalue weighted by molar-refractivity contribution is -0.396. The fourth-order valence-electron chi connectivity index (χ4n) is 13.1. The van der Waals surface area contributed by atoms with Crippen molar-refractivity contribution in [3.05, 3.63) is 65.2 Å². The highest BCUT2D eigenvalue weighted by atomic mass is 16.8. The van der Waals surface area contributed by atoms with Gasteiger partial charge in [-0.1, -0.05) is 48.6 Å². The Kier molecular flexibility index (Phi) is 22.8. The average molecular weight is 1360 g/mol. The summed E-state index contributed by atoms with van der Waals surface area (Å²) < 4.78 is 81.9. The van der Waals surface area contributed by atoms with Crippen LogP contribution in [-0.4, -0.2) is 357 Å². The Morgan fingerprint density at radius 1 is 0.295 bits per heavy atom. The van der Waals surface area contributed by atoms with E-state index in [0.29, 0.717) is 27.1 Å². The molecule has 14 bridgehead atoms. The highest BCUT2D eigenvalue weighted by molar-refractivity contribution is 6.09. The van der Waals surface area contributed by atoms with Crippen LogP contribution in [0.15, 0.2) is 48.5 Å². The van der Waals surface area contributed by atoms with E-state index in [1.165, 1.54) is 12.2 Å². The summed E-state index contributed by atoms with van der Waals surface area (Å²) in [6.45, 7) is -6.42. The van der Waals surface area contributed by atoms with Crippen LogP contribution >= 0.6 is 0 Å². The van der Waals surface area contributed by atoms with Gasteiger partial charge in [-0.2, -0.15) is 10.5 Å². The molecule has 21 heterocycles. The molecule has 0 amide bonds. The number of ether oxygens (including phenoxy) is 14. The van der Waals surface area contributed by atoms with Crippen molar-refractivity contribution in [2.24, 2.45) is 0 Å². The molecule has 20 N–H and O–H groups in total. The van der Waals surface area contributed by atoms with E-state index in [1.807, 2.05) is 0 Å². The second kappa shape index (κ2) is 30.2. The number of aliphatic hydroxyl groups excluding tert-OH is 20. The molecule has 3 aromatic rings. The Hall–Kier alpha value is -4.46. The van der Waals surface area contributed by atoms with E-state index in [2.05, 4.69) is 12.1 Å². The van der Waals surface area contributed by atoms with Crippen LogP contribution in [0.2, 0.25) is 0 Å².